The Kier molecular flexibility index (Phi) is 4.99. The molecule has 6 heteroatoms. The highest BCUT2D eigenvalue weighted by Gasteiger charge is 2.22. The lowest BCUT2D eigenvalue weighted by Crippen LogP contribution is -2.41. The Morgan fingerprint density at radius 1 is 1.07 bits per heavy atom. The lowest BCUT2D eigenvalue weighted by atomic mass is 10.0. The van der Waals surface area contributed by atoms with E-state index < -0.39 is 17.5 Å². The van der Waals surface area contributed by atoms with E-state index in [1.165, 1.54) is 0 Å². The third-order valence-electron chi connectivity index (χ3n) is 4.98. The molecule has 4 rings (SSSR count). The smallest absolute Gasteiger partial charge is 0.163 e. The summed E-state index contributed by atoms with van der Waals surface area (Å²) >= 11 is 0. The van der Waals surface area contributed by atoms with Gasteiger partial charge in [0, 0.05) is 54.2 Å². The molecule has 0 saturated carbocycles. The van der Waals surface area contributed by atoms with E-state index in [0.29, 0.717) is 12.6 Å². The second kappa shape index (κ2) is 7.56. The van der Waals surface area contributed by atoms with Gasteiger partial charge in [-0.25, -0.2) is 13.2 Å². The van der Waals surface area contributed by atoms with Crippen molar-refractivity contribution in [1.82, 2.24) is 9.88 Å². The van der Waals surface area contributed by atoms with E-state index in [0.717, 1.165) is 41.9 Å². The molecule has 0 unspecified atom stereocenters. The van der Waals surface area contributed by atoms with Crippen molar-refractivity contribution in [3.8, 4) is 0 Å². The molecule has 3 aromatic rings. The fourth-order valence-corrected chi connectivity index (χ4v) is 3.69. The molecule has 1 fully saturated rings. The molecule has 1 saturated heterocycles. The van der Waals surface area contributed by atoms with Crippen molar-refractivity contribution in [3.05, 3.63) is 71.8 Å². The van der Waals surface area contributed by atoms with Gasteiger partial charge in [-0.3, -0.25) is 9.88 Å². The molecule has 1 atom stereocenters. The molecule has 0 spiro atoms. The van der Waals surface area contributed by atoms with E-state index in [4.69, 9.17) is 0 Å². The van der Waals surface area contributed by atoms with Gasteiger partial charge < -0.3 is 5.32 Å². The summed E-state index contributed by atoms with van der Waals surface area (Å²) in [5.41, 5.74) is 1.08. The van der Waals surface area contributed by atoms with Crippen LogP contribution in [0, 0.1) is 17.5 Å². The van der Waals surface area contributed by atoms with Gasteiger partial charge in [0.2, 0.25) is 0 Å². The van der Waals surface area contributed by atoms with Crippen LogP contribution in [-0.4, -0.2) is 29.0 Å². The van der Waals surface area contributed by atoms with Gasteiger partial charge in [-0.1, -0.05) is 6.07 Å². The molecule has 0 radical (unpaired) electrons. The molecule has 1 N–H and O–H groups in total. The number of fused-ring (bicyclic) bond motifs is 1. The van der Waals surface area contributed by atoms with Crippen LogP contribution in [0.1, 0.15) is 18.4 Å². The Balaban J connectivity index is 1.44. The summed E-state index contributed by atoms with van der Waals surface area (Å²) in [5.74, 6) is -2.85. The van der Waals surface area contributed by atoms with Crippen molar-refractivity contribution in [2.24, 2.45) is 0 Å². The molecule has 1 aliphatic rings. The topological polar surface area (TPSA) is 28.2 Å². The molecule has 3 nitrogen and oxygen atoms in total. The minimum Gasteiger partial charge on any atom is -0.381 e. The lowest BCUT2D eigenvalue weighted by Gasteiger charge is -2.33. The first-order valence-corrected chi connectivity index (χ1v) is 9.04. The summed E-state index contributed by atoms with van der Waals surface area (Å²) in [4.78, 5) is 6.15. The van der Waals surface area contributed by atoms with Crippen LogP contribution in [0.2, 0.25) is 0 Å². The van der Waals surface area contributed by atoms with Crippen molar-refractivity contribution in [3.63, 3.8) is 0 Å². The zero-order valence-electron chi connectivity index (χ0n) is 14.8. The maximum atomic E-state index is 13.9. The Morgan fingerprint density at radius 3 is 2.85 bits per heavy atom. The molecule has 2 heterocycles. The Bertz CT molecular complexity index is 961. The quantitative estimate of drug-likeness (QED) is 0.672. The van der Waals surface area contributed by atoms with E-state index in [-0.39, 0.29) is 18.2 Å². The predicted octanol–water partition coefficient (Wildman–Crippen LogP) is 4.73. The van der Waals surface area contributed by atoms with Gasteiger partial charge in [-0.2, -0.15) is 0 Å². The summed E-state index contributed by atoms with van der Waals surface area (Å²) in [6.07, 6.45) is 5.52. The van der Waals surface area contributed by atoms with Crippen LogP contribution >= 0.6 is 0 Å². The van der Waals surface area contributed by atoms with Gasteiger partial charge in [0.25, 0.3) is 0 Å². The van der Waals surface area contributed by atoms with Gasteiger partial charge in [0.15, 0.2) is 11.6 Å². The molecule has 2 aromatic carbocycles. The van der Waals surface area contributed by atoms with Gasteiger partial charge >= 0.3 is 0 Å². The van der Waals surface area contributed by atoms with E-state index in [1.54, 1.807) is 6.20 Å². The number of hydrogen-bond donors (Lipinski definition) is 1. The van der Waals surface area contributed by atoms with E-state index in [9.17, 15) is 13.2 Å². The van der Waals surface area contributed by atoms with Crippen LogP contribution in [0.4, 0.5) is 18.9 Å². The zero-order chi connectivity index (χ0) is 18.8. The highest BCUT2D eigenvalue weighted by atomic mass is 19.2. The average molecular weight is 371 g/mol. The minimum absolute atomic E-state index is 0.0614. The first kappa shape index (κ1) is 17.8. The highest BCUT2D eigenvalue weighted by molar-refractivity contribution is 5.84. The monoisotopic (exact) mass is 371 g/mol. The number of nitrogens with one attached hydrogen (secondary N) is 1. The summed E-state index contributed by atoms with van der Waals surface area (Å²) in [6, 6.07) is 9.94. The SMILES string of the molecule is Fc1cc(F)c(F)c(CN2CCC[C@@H](Nc3ccc4cnccc4c3)C2)c1. The maximum absolute atomic E-state index is 13.9. The van der Waals surface area contributed by atoms with Gasteiger partial charge in [-0.15, -0.1) is 0 Å². The Morgan fingerprint density at radius 2 is 1.96 bits per heavy atom. The van der Waals surface area contributed by atoms with Crippen LogP contribution < -0.4 is 5.32 Å². The van der Waals surface area contributed by atoms with Crippen molar-refractivity contribution in [1.29, 1.82) is 0 Å². The van der Waals surface area contributed by atoms with Crippen molar-refractivity contribution in [2.45, 2.75) is 25.4 Å². The molecule has 0 aliphatic carbocycles. The number of aromatic nitrogens is 1. The van der Waals surface area contributed by atoms with Crippen LogP contribution in [0.3, 0.4) is 0 Å². The number of hydrogen-bond acceptors (Lipinski definition) is 3. The molecule has 140 valence electrons. The number of benzene rings is 2. The van der Waals surface area contributed by atoms with Crippen LogP contribution in [0.25, 0.3) is 10.8 Å². The first-order chi connectivity index (χ1) is 13.1. The third kappa shape index (κ3) is 4.06. The van der Waals surface area contributed by atoms with Crippen LogP contribution in [0.15, 0.2) is 48.8 Å². The molecule has 1 aliphatic heterocycles. The summed E-state index contributed by atoms with van der Waals surface area (Å²) < 4.78 is 40.8. The fraction of sp³-hybridized carbons (Fsp3) is 0.286. The zero-order valence-corrected chi connectivity index (χ0v) is 14.8. The number of halogens is 3. The molecule has 27 heavy (non-hydrogen) atoms. The minimum atomic E-state index is -1.14. The first-order valence-electron chi connectivity index (χ1n) is 9.04. The summed E-state index contributed by atoms with van der Waals surface area (Å²) in [7, 11) is 0. The third-order valence-corrected chi connectivity index (χ3v) is 4.98. The van der Waals surface area contributed by atoms with Gasteiger partial charge in [0.05, 0.1) is 0 Å². The number of anilines is 1. The standard InChI is InChI=1S/C21H20F3N3/c22-17-8-16(21(24)20(23)10-17)12-27-7-1-2-19(13-27)26-18-4-3-15-11-25-6-5-14(15)9-18/h3-6,8-11,19,26H,1-2,7,12-13H2/t19-/m1/s1. The van der Waals surface area contributed by atoms with Crippen molar-refractivity contribution in [2.75, 3.05) is 18.4 Å². The highest BCUT2D eigenvalue weighted by Crippen LogP contribution is 2.23. The van der Waals surface area contributed by atoms with E-state index in [1.807, 2.05) is 29.3 Å². The second-order valence-corrected chi connectivity index (χ2v) is 7.02. The molecular formula is C21H20F3N3. The molecular weight excluding hydrogens is 351 g/mol. The summed E-state index contributed by atoms with van der Waals surface area (Å²) in [5, 5.41) is 5.71. The summed E-state index contributed by atoms with van der Waals surface area (Å²) in [6.45, 7) is 1.66. The van der Waals surface area contributed by atoms with Crippen LogP contribution in [0.5, 0.6) is 0 Å². The van der Waals surface area contributed by atoms with Crippen molar-refractivity contribution < 1.29 is 13.2 Å². The van der Waals surface area contributed by atoms with Crippen molar-refractivity contribution >= 4 is 16.5 Å². The van der Waals surface area contributed by atoms with E-state index in [2.05, 4.69) is 16.4 Å². The largest absolute Gasteiger partial charge is 0.381 e. The molecule has 1 aromatic heterocycles. The predicted molar refractivity (Wildman–Crippen MR) is 100.0 cm³/mol. The van der Waals surface area contributed by atoms with Crippen LogP contribution in [-0.2, 0) is 6.54 Å². The number of piperidine rings is 1. The Labute approximate surface area is 155 Å². The normalized spacial score (nSPS) is 18.0. The number of likely N-dealkylation sites (tertiary alicyclic amines) is 1. The van der Waals surface area contributed by atoms with E-state index >= 15 is 0 Å². The van der Waals surface area contributed by atoms with Gasteiger partial charge in [-0.05, 0) is 49.0 Å². The van der Waals surface area contributed by atoms with Gasteiger partial charge in [0.1, 0.15) is 5.82 Å². The fourth-order valence-electron chi connectivity index (χ4n) is 3.69. The number of pyridine rings is 1. The maximum Gasteiger partial charge on any atom is 0.163 e. The lowest BCUT2D eigenvalue weighted by molar-refractivity contribution is 0.205. The molecule has 0 amide bonds. The second-order valence-electron chi connectivity index (χ2n) is 7.02. The number of nitrogens with zero attached hydrogens (tertiary/aromatic N) is 2. The Hall–Kier alpha value is -2.60. The molecule has 0 bridgehead atoms. The average Bonchev–Trinajstić information content (AvgIpc) is 2.66. The number of rotatable bonds is 4.